The molecule has 0 spiro atoms. The molecule has 1 aromatic heterocycles. The normalized spacial score (nSPS) is 10.8. The summed E-state index contributed by atoms with van der Waals surface area (Å²) in [5.41, 5.74) is 1.12. The minimum absolute atomic E-state index is 0.0683. The average molecular weight is 348 g/mol. The van der Waals surface area contributed by atoms with Crippen LogP contribution < -0.4 is 15.0 Å². The van der Waals surface area contributed by atoms with E-state index in [9.17, 15) is 4.79 Å². The van der Waals surface area contributed by atoms with Gasteiger partial charge in [-0.1, -0.05) is 12.1 Å². The third-order valence-corrected chi connectivity index (χ3v) is 3.72. The van der Waals surface area contributed by atoms with Gasteiger partial charge in [0.1, 0.15) is 11.9 Å². The molecule has 2 aromatic carbocycles. The summed E-state index contributed by atoms with van der Waals surface area (Å²) in [6, 6.07) is 14.2. The molecule has 0 saturated carbocycles. The molecule has 0 aliphatic carbocycles. The van der Waals surface area contributed by atoms with E-state index in [0.717, 1.165) is 0 Å². The quantitative estimate of drug-likeness (QED) is 0.661. The van der Waals surface area contributed by atoms with E-state index in [1.165, 1.54) is 11.8 Å². The lowest BCUT2D eigenvalue weighted by Gasteiger charge is -2.09. The molecule has 0 bridgehead atoms. The van der Waals surface area contributed by atoms with Gasteiger partial charge in [0.25, 0.3) is 5.56 Å². The van der Waals surface area contributed by atoms with Crippen LogP contribution in [0.15, 0.2) is 52.4 Å². The van der Waals surface area contributed by atoms with Crippen LogP contribution in [-0.2, 0) is 0 Å². The fraction of sp³-hybridized carbons (Fsp3) is 0.158. The molecule has 26 heavy (non-hydrogen) atoms. The summed E-state index contributed by atoms with van der Waals surface area (Å²) >= 11 is 0. The van der Waals surface area contributed by atoms with E-state index < -0.39 is 0 Å². The first-order chi connectivity index (χ1) is 12.6. The van der Waals surface area contributed by atoms with E-state index in [1.54, 1.807) is 49.5 Å². The van der Waals surface area contributed by atoms with Gasteiger partial charge in [-0.2, -0.15) is 15.0 Å². The van der Waals surface area contributed by atoms with Crippen LogP contribution in [0.4, 0.5) is 0 Å². The molecule has 130 valence electrons. The molecule has 3 aromatic rings. The molecule has 3 rings (SSSR count). The van der Waals surface area contributed by atoms with Gasteiger partial charge < -0.3 is 9.47 Å². The maximum absolute atomic E-state index is 12.6. The minimum atomic E-state index is -0.231. The van der Waals surface area contributed by atoms with Crippen LogP contribution in [0.5, 0.6) is 11.5 Å². The number of aromatic nitrogens is 2. The Kier molecular flexibility index (Phi) is 4.94. The van der Waals surface area contributed by atoms with Gasteiger partial charge in [0.05, 0.1) is 24.2 Å². The van der Waals surface area contributed by atoms with Crippen molar-refractivity contribution < 1.29 is 9.47 Å². The number of fused-ring (bicyclic) bond motifs is 1. The molecule has 0 aliphatic heterocycles. The number of nitrogens with zero attached hydrogens (tertiary/aromatic N) is 4. The Hall–Kier alpha value is -3.66. The van der Waals surface area contributed by atoms with Crippen LogP contribution >= 0.6 is 0 Å². The number of aryl methyl sites for hydroxylation is 1. The Labute approximate surface area is 149 Å². The van der Waals surface area contributed by atoms with Crippen molar-refractivity contribution in [2.24, 2.45) is 5.10 Å². The van der Waals surface area contributed by atoms with Crippen molar-refractivity contribution in [1.29, 1.82) is 5.26 Å². The molecular weight excluding hydrogens is 332 g/mol. The third-order valence-electron chi connectivity index (χ3n) is 3.72. The zero-order valence-corrected chi connectivity index (χ0v) is 14.3. The molecule has 0 atom stereocenters. The maximum atomic E-state index is 12.6. The summed E-state index contributed by atoms with van der Waals surface area (Å²) in [6.07, 6.45) is 1.54. The summed E-state index contributed by atoms with van der Waals surface area (Å²) in [5.74, 6) is 1.43. The van der Waals surface area contributed by atoms with E-state index in [2.05, 4.69) is 10.1 Å². The molecule has 0 N–H and O–H groups in total. The monoisotopic (exact) mass is 348 g/mol. The number of rotatable bonds is 5. The number of hydrogen-bond acceptors (Lipinski definition) is 6. The second kappa shape index (κ2) is 7.49. The molecule has 0 saturated heterocycles. The summed E-state index contributed by atoms with van der Waals surface area (Å²) in [5, 5.41) is 13.4. The lowest BCUT2D eigenvalue weighted by Crippen LogP contribution is -2.20. The Bertz CT molecular complexity index is 1080. The summed E-state index contributed by atoms with van der Waals surface area (Å²) in [7, 11) is 1.51. The van der Waals surface area contributed by atoms with Gasteiger partial charge in [0.2, 0.25) is 0 Å². The highest BCUT2D eigenvalue weighted by Crippen LogP contribution is 2.27. The van der Waals surface area contributed by atoms with Crippen molar-refractivity contribution in [3.8, 4) is 17.6 Å². The standard InChI is InChI=1S/C19H16N4O3/c1-13-22-16-6-4-3-5-15(16)19(24)23(13)21-12-14-7-8-17(26-10-9-20)18(11-14)25-2/h3-8,11-12H,10H2,1-2H3/b21-12+. The van der Waals surface area contributed by atoms with Gasteiger partial charge in [-0.25, -0.2) is 4.98 Å². The Morgan fingerprint density at radius 2 is 2.08 bits per heavy atom. The second-order valence-corrected chi connectivity index (χ2v) is 5.39. The van der Waals surface area contributed by atoms with Gasteiger partial charge in [0.15, 0.2) is 18.1 Å². The molecule has 7 heteroatoms. The van der Waals surface area contributed by atoms with E-state index >= 15 is 0 Å². The Morgan fingerprint density at radius 3 is 2.85 bits per heavy atom. The zero-order chi connectivity index (χ0) is 18.5. The zero-order valence-electron chi connectivity index (χ0n) is 14.3. The number of benzene rings is 2. The van der Waals surface area contributed by atoms with Crippen LogP contribution in [0.2, 0.25) is 0 Å². The SMILES string of the molecule is COc1cc(/C=N/n2c(C)nc3ccccc3c2=O)ccc1OCC#N. The predicted molar refractivity (Wildman–Crippen MR) is 97.8 cm³/mol. The average Bonchev–Trinajstić information content (AvgIpc) is 2.66. The summed E-state index contributed by atoms with van der Waals surface area (Å²) in [6.45, 7) is 1.66. The van der Waals surface area contributed by atoms with Crippen molar-refractivity contribution in [2.45, 2.75) is 6.92 Å². The lowest BCUT2D eigenvalue weighted by molar-refractivity contribution is 0.329. The van der Waals surface area contributed by atoms with Crippen molar-refractivity contribution in [1.82, 2.24) is 9.66 Å². The van der Waals surface area contributed by atoms with E-state index in [-0.39, 0.29) is 12.2 Å². The van der Waals surface area contributed by atoms with Gasteiger partial charge in [0, 0.05) is 0 Å². The van der Waals surface area contributed by atoms with E-state index in [0.29, 0.717) is 33.8 Å². The maximum Gasteiger partial charge on any atom is 0.282 e. The molecule has 7 nitrogen and oxygen atoms in total. The van der Waals surface area contributed by atoms with E-state index in [4.69, 9.17) is 14.7 Å². The van der Waals surface area contributed by atoms with Gasteiger partial charge >= 0.3 is 0 Å². The van der Waals surface area contributed by atoms with Gasteiger partial charge in [-0.05, 0) is 42.8 Å². The largest absolute Gasteiger partial charge is 0.493 e. The number of para-hydroxylation sites is 1. The first kappa shape index (κ1) is 17.2. The molecule has 0 aliphatic rings. The third kappa shape index (κ3) is 3.39. The van der Waals surface area contributed by atoms with Crippen LogP contribution in [0.1, 0.15) is 11.4 Å². The second-order valence-electron chi connectivity index (χ2n) is 5.39. The number of hydrogen-bond donors (Lipinski definition) is 0. The summed E-state index contributed by atoms with van der Waals surface area (Å²) < 4.78 is 11.8. The highest BCUT2D eigenvalue weighted by molar-refractivity contribution is 5.81. The van der Waals surface area contributed by atoms with Crippen LogP contribution in [0.25, 0.3) is 10.9 Å². The molecular formula is C19H16N4O3. The fourth-order valence-corrected chi connectivity index (χ4v) is 2.49. The molecule has 0 fully saturated rings. The van der Waals surface area contributed by atoms with Gasteiger partial charge in [-0.3, -0.25) is 4.79 Å². The highest BCUT2D eigenvalue weighted by Gasteiger charge is 2.07. The highest BCUT2D eigenvalue weighted by atomic mass is 16.5. The van der Waals surface area contributed by atoms with Crippen molar-refractivity contribution in [3.05, 3.63) is 64.2 Å². The molecule has 0 amide bonds. The number of methoxy groups -OCH3 is 1. The topological polar surface area (TPSA) is 89.5 Å². The molecule has 1 heterocycles. The molecule has 0 unspecified atom stereocenters. The smallest absolute Gasteiger partial charge is 0.282 e. The first-order valence-electron chi connectivity index (χ1n) is 7.84. The molecule has 0 radical (unpaired) electrons. The minimum Gasteiger partial charge on any atom is -0.493 e. The Balaban J connectivity index is 1.97. The Morgan fingerprint density at radius 1 is 1.27 bits per heavy atom. The predicted octanol–water partition coefficient (Wildman–Crippen LogP) is 2.50. The lowest BCUT2D eigenvalue weighted by atomic mass is 10.2. The van der Waals surface area contributed by atoms with E-state index in [1.807, 2.05) is 12.1 Å². The fourth-order valence-electron chi connectivity index (χ4n) is 2.49. The van der Waals surface area contributed by atoms with Crippen molar-refractivity contribution >= 4 is 17.1 Å². The van der Waals surface area contributed by atoms with Crippen molar-refractivity contribution in [3.63, 3.8) is 0 Å². The van der Waals surface area contributed by atoms with Crippen LogP contribution in [0, 0.1) is 18.3 Å². The first-order valence-corrected chi connectivity index (χ1v) is 7.84. The number of nitriles is 1. The van der Waals surface area contributed by atoms with Gasteiger partial charge in [-0.15, -0.1) is 0 Å². The number of ether oxygens (including phenoxy) is 2. The van der Waals surface area contributed by atoms with Crippen LogP contribution in [0.3, 0.4) is 0 Å². The van der Waals surface area contributed by atoms with Crippen molar-refractivity contribution in [2.75, 3.05) is 13.7 Å². The van der Waals surface area contributed by atoms with Crippen LogP contribution in [-0.4, -0.2) is 29.6 Å². The summed E-state index contributed by atoms with van der Waals surface area (Å²) in [4.78, 5) is 17.0.